The molecule has 3 nitrogen and oxygen atoms in total. The molecule has 1 aliphatic heterocycles. The maximum atomic E-state index is 6.18. The molecule has 25 heavy (non-hydrogen) atoms. The lowest BCUT2D eigenvalue weighted by Crippen LogP contribution is -2.18. The summed E-state index contributed by atoms with van der Waals surface area (Å²) in [5, 5.41) is 1.30. The molecule has 0 bridgehead atoms. The lowest BCUT2D eigenvalue weighted by Gasteiger charge is -2.21. The molecule has 2 heterocycles. The van der Waals surface area contributed by atoms with Crippen molar-refractivity contribution in [3.05, 3.63) is 30.0 Å². The maximum absolute atomic E-state index is 6.18. The fourth-order valence-electron chi connectivity index (χ4n) is 3.63. The van der Waals surface area contributed by atoms with Crippen LogP contribution in [0.3, 0.4) is 0 Å². The van der Waals surface area contributed by atoms with Gasteiger partial charge in [-0.15, -0.1) is 12.4 Å². The van der Waals surface area contributed by atoms with E-state index in [0.717, 1.165) is 30.2 Å². The number of ether oxygens (including phenoxy) is 1. The van der Waals surface area contributed by atoms with Crippen LogP contribution in [0, 0.1) is 5.92 Å². The van der Waals surface area contributed by atoms with Gasteiger partial charge in [-0.2, -0.15) is 0 Å². The van der Waals surface area contributed by atoms with Crippen molar-refractivity contribution in [1.29, 1.82) is 0 Å². The predicted octanol–water partition coefficient (Wildman–Crippen LogP) is 5.39. The average molecular weight is 361 g/mol. The van der Waals surface area contributed by atoms with E-state index in [1.807, 2.05) is 6.20 Å². The zero-order chi connectivity index (χ0) is 16.4. The number of pyridine rings is 1. The van der Waals surface area contributed by atoms with Gasteiger partial charge in [0.15, 0.2) is 0 Å². The first-order chi connectivity index (χ1) is 11.8. The van der Waals surface area contributed by atoms with Crippen molar-refractivity contribution in [2.24, 2.45) is 5.92 Å². The molecule has 1 saturated carbocycles. The van der Waals surface area contributed by atoms with Crippen LogP contribution in [0.5, 0.6) is 5.75 Å². The topological polar surface area (TPSA) is 25.4 Å². The second kappa shape index (κ2) is 8.27. The molecule has 1 aromatic carbocycles. The Hall–Kier alpha value is -1.48. The van der Waals surface area contributed by atoms with Crippen molar-refractivity contribution in [3.8, 4) is 5.75 Å². The van der Waals surface area contributed by atoms with Crippen molar-refractivity contribution in [1.82, 2.24) is 4.98 Å². The van der Waals surface area contributed by atoms with Gasteiger partial charge >= 0.3 is 0 Å². The first-order valence-corrected chi connectivity index (χ1v) is 9.64. The van der Waals surface area contributed by atoms with E-state index >= 15 is 0 Å². The van der Waals surface area contributed by atoms with Crippen LogP contribution in [0.15, 0.2) is 24.4 Å². The van der Waals surface area contributed by atoms with E-state index in [1.165, 1.54) is 68.3 Å². The fourth-order valence-corrected chi connectivity index (χ4v) is 3.63. The molecule has 1 aromatic heterocycles. The van der Waals surface area contributed by atoms with E-state index in [1.54, 1.807) is 0 Å². The van der Waals surface area contributed by atoms with Crippen LogP contribution < -0.4 is 9.64 Å². The first kappa shape index (κ1) is 18.3. The fraction of sp³-hybridized carbons (Fsp3) is 0.571. The van der Waals surface area contributed by atoms with Crippen LogP contribution >= 0.6 is 12.4 Å². The lowest BCUT2D eigenvalue weighted by atomic mass is 10.0. The molecule has 2 aliphatic rings. The Labute approximate surface area is 157 Å². The second-order valence-electron chi connectivity index (χ2n) is 7.36. The van der Waals surface area contributed by atoms with E-state index in [-0.39, 0.29) is 12.4 Å². The Kier molecular flexibility index (Phi) is 6.06. The highest BCUT2D eigenvalue weighted by atomic mass is 35.5. The minimum atomic E-state index is 0. The molecular formula is C21H29ClN2O. The summed E-state index contributed by atoms with van der Waals surface area (Å²) in [5.41, 5.74) is 3.79. The smallest absolute Gasteiger partial charge is 0.124 e. The lowest BCUT2D eigenvalue weighted by molar-refractivity contribution is 0.297. The Morgan fingerprint density at radius 3 is 2.72 bits per heavy atom. The van der Waals surface area contributed by atoms with Gasteiger partial charge in [0, 0.05) is 36.4 Å². The van der Waals surface area contributed by atoms with Crippen LogP contribution in [0.4, 0.5) is 5.69 Å². The summed E-state index contributed by atoms with van der Waals surface area (Å²) in [5.74, 6) is 1.84. The maximum Gasteiger partial charge on any atom is 0.124 e. The normalized spacial score (nSPS) is 16.9. The number of aromatic nitrogens is 1. The first-order valence-electron chi connectivity index (χ1n) is 9.64. The Morgan fingerprint density at radius 1 is 1.20 bits per heavy atom. The number of unbranched alkanes of at least 4 members (excludes halogenated alkanes) is 1. The standard InChI is InChI=1S/C21H28N2O.ClH/c1-2-3-6-17-13-18-19(14-21(17)24-15-16-7-8-16)22-10-9-20(18)23-11-4-5-12-23;/h9-10,13-14,16H,2-8,11-12,15H2,1H3;1H. The minimum Gasteiger partial charge on any atom is -0.493 e. The second-order valence-corrected chi connectivity index (χ2v) is 7.36. The highest BCUT2D eigenvalue weighted by Gasteiger charge is 2.23. The van der Waals surface area contributed by atoms with Crippen molar-refractivity contribution in [2.75, 3.05) is 24.6 Å². The van der Waals surface area contributed by atoms with Gasteiger partial charge in [-0.3, -0.25) is 4.98 Å². The number of nitrogens with zero attached hydrogens (tertiary/aromatic N) is 2. The Bertz CT molecular complexity index is 708. The van der Waals surface area contributed by atoms with Crippen LogP contribution in [0.2, 0.25) is 0 Å². The van der Waals surface area contributed by atoms with E-state index in [9.17, 15) is 0 Å². The molecule has 1 saturated heterocycles. The summed E-state index contributed by atoms with van der Waals surface area (Å²) < 4.78 is 6.18. The van der Waals surface area contributed by atoms with Crippen LogP contribution in [0.25, 0.3) is 10.9 Å². The van der Waals surface area contributed by atoms with Crippen molar-refractivity contribution in [3.63, 3.8) is 0 Å². The number of rotatable bonds is 7. The third-order valence-electron chi connectivity index (χ3n) is 5.32. The molecule has 0 radical (unpaired) electrons. The SMILES string of the molecule is CCCCc1cc2c(N3CCCC3)ccnc2cc1OCC1CC1.Cl. The van der Waals surface area contributed by atoms with Gasteiger partial charge in [-0.05, 0) is 62.1 Å². The van der Waals surface area contributed by atoms with E-state index in [4.69, 9.17) is 4.74 Å². The third-order valence-corrected chi connectivity index (χ3v) is 5.32. The molecule has 1 aliphatic carbocycles. The highest BCUT2D eigenvalue weighted by Crippen LogP contribution is 2.35. The molecule has 4 heteroatoms. The van der Waals surface area contributed by atoms with E-state index in [0.29, 0.717) is 0 Å². The van der Waals surface area contributed by atoms with Gasteiger partial charge < -0.3 is 9.64 Å². The third kappa shape index (κ3) is 4.20. The predicted molar refractivity (Wildman–Crippen MR) is 107 cm³/mol. The summed E-state index contributed by atoms with van der Waals surface area (Å²) in [6.07, 6.45) is 10.7. The van der Waals surface area contributed by atoms with Crippen LogP contribution in [-0.2, 0) is 6.42 Å². The Morgan fingerprint density at radius 2 is 2.00 bits per heavy atom. The molecule has 0 atom stereocenters. The molecule has 136 valence electrons. The largest absolute Gasteiger partial charge is 0.493 e. The highest BCUT2D eigenvalue weighted by molar-refractivity contribution is 5.93. The zero-order valence-corrected chi connectivity index (χ0v) is 16.0. The van der Waals surface area contributed by atoms with Crippen molar-refractivity contribution >= 4 is 29.0 Å². The Balaban J connectivity index is 0.00000182. The number of aryl methyl sites for hydroxylation is 1. The minimum absolute atomic E-state index is 0. The van der Waals surface area contributed by atoms with Crippen molar-refractivity contribution < 1.29 is 4.74 Å². The van der Waals surface area contributed by atoms with E-state index in [2.05, 4.69) is 35.0 Å². The van der Waals surface area contributed by atoms with Gasteiger partial charge in [-0.1, -0.05) is 13.3 Å². The number of hydrogen-bond acceptors (Lipinski definition) is 3. The molecule has 0 amide bonds. The van der Waals surface area contributed by atoms with Crippen LogP contribution in [-0.4, -0.2) is 24.7 Å². The molecule has 2 aromatic rings. The number of hydrogen-bond donors (Lipinski definition) is 0. The quantitative estimate of drug-likeness (QED) is 0.662. The van der Waals surface area contributed by atoms with Gasteiger partial charge in [0.1, 0.15) is 5.75 Å². The van der Waals surface area contributed by atoms with Crippen molar-refractivity contribution in [2.45, 2.75) is 51.9 Å². The van der Waals surface area contributed by atoms with Crippen LogP contribution in [0.1, 0.15) is 51.0 Å². The monoisotopic (exact) mass is 360 g/mol. The van der Waals surface area contributed by atoms with Gasteiger partial charge in [0.05, 0.1) is 12.1 Å². The summed E-state index contributed by atoms with van der Waals surface area (Å²) in [7, 11) is 0. The van der Waals surface area contributed by atoms with Gasteiger partial charge in [-0.25, -0.2) is 0 Å². The molecule has 0 N–H and O–H groups in total. The summed E-state index contributed by atoms with van der Waals surface area (Å²) in [4.78, 5) is 7.14. The molecule has 0 spiro atoms. The molecule has 2 fully saturated rings. The average Bonchev–Trinajstić information content (AvgIpc) is 3.28. The molecular weight excluding hydrogens is 332 g/mol. The summed E-state index contributed by atoms with van der Waals surface area (Å²) in [6.45, 7) is 5.46. The van der Waals surface area contributed by atoms with Gasteiger partial charge in [0.25, 0.3) is 0 Å². The summed E-state index contributed by atoms with van der Waals surface area (Å²) in [6, 6.07) is 6.72. The zero-order valence-electron chi connectivity index (χ0n) is 15.2. The summed E-state index contributed by atoms with van der Waals surface area (Å²) >= 11 is 0. The number of halogens is 1. The molecule has 4 rings (SSSR count). The number of fused-ring (bicyclic) bond motifs is 1. The van der Waals surface area contributed by atoms with E-state index < -0.39 is 0 Å². The molecule has 0 unspecified atom stereocenters. The van der Waals surface area contributed by atoms with Gasteiger partial charge in [0.2, 0.25) is 0 Å². The number of benzene rings is 1. The number of anilines is 1.